The van der Waals surface area contributed by atoms with E-state index in [1.807, 2.05) is 0 Å². The van der Waals surface area contributed by atoms with Crippen molar-refractivity contribution in [2.24, 2.45) is 5.92 Å². The zero-order valence-electron chi connectivity index (χ0n) is 6.51. The molecule has 0 N–H and O–H groups in total. The summed E-state index contributed by atoms with van der Waals surface area (Å²) in [5.41, 5.74) is 1.58. The fraction of sp³-hybridized carbons (Fsp3) is 0.444. The van der Waals surface area contributed by atoms with Crippen molar-refractivity contribution < 1.29 is 29.6 Å². The Hall–Kier alpha value is 0.350. The van der Waals surface area contributed by atoms with E-state index in [1.54, 1.807) is 5.57 Å². The molecule has 2 aliphatic carbocycles. The van der Waals surface area contributed by atoms with Gasteiger partial charge in [0.15, 0.2) is 0 Å². The molecule has 48 valence electrons. The van der Waals surface area contributed by atoms with Gasteiger partial charge in [0, 0.05) is 0 Å². The number of hydrogen-bond donors (Lipinski definition) is 0. The van der Waals surface area contributed by atoms with E-state index in [0.717, 1.165) is 5.92 Å². The molecule has 1 atom stereocenters. The summed E-state index contributed by atoms with van der Waals surface area (Å²) < 4.78 is 0. The van der Waals surface area contributed by atoms with Gasteiger partial charge >= 0.3 is 29.6 Å². The van der Waals surface area contributed by atoms with Gasteiger partial charge in [-0.05, 0) is 12.3 Å². The summed E-state index contributed by atoms with van der Waals surface area (Å²) >= 11 is 0. The van der Waals surface area contributed by atoms with E-state index >= 15 is 0 Å². The van der Waals surface area contributed by atoms with Gasteiger partial charge in [-0.2, -0.15) is 0 Å². The van der Waals surface area contributed by atoms with Crippen molar-refractivity contribution in [3.63, 3.8) is 0 Å². The topological polar surface area (TPSA) is 0 Å². The Kier molecular flexibility index (Phi) is 3.09. The number of rotatable bonds is 0. The molecule has 0 aromatic carbocycles. The summed E-state index contributed by atoms with van der Waals surface area (Å²) in [6.45, 7) is 0. The zero-order chi connectivity index (χ0) is 6.10. The summed E-state index contributed by atoms with van der Waals surface area (Å²) in [6, 6.07) is 0. The largest absolute Gasteiger partial charge is 1.00 e. The van der Waals surface area contributed by atoms with Gasteiger partial charge in [-0.25, -0.2) is 18.1 Å². The van der Waals surface area contributed by atoms with E-state index in [-0.39, 0.29) is 29.6 Å². The molecule has 0 heterocycles. The second-order valence-corrected chi connectivity index (χ2v) is 2.81. The molecule has 0 spiro atoms. The van der Waals surface area contributed by atoms with Gasteiger partial charge in [-0.15, -0.1) is 18.6 Å². The summed E-state index contributed by atoms with van der Waals surface area (Å²) in [6.07, 6.45) is 13.0. The summed E-state index contributed by atoms with van der Waals surface area (Å²) in [7, 11) is 0. The van der Waals surface area contributed by atoms with E-state index in [0.29, 0.717) is 0 Å². The van der Waals surface area contributed by atoms with Gasteiger partial charge in [0.2, 0.25) is 0 Å². The molecular formula is C9H11Na. The average molecular weight is 142 g/mol. The van der Waals surface area contributed by atoms with Gasteiger partial charge in [0.25, 0.3) is 0 Å². The monoisotopic (exact) mass is 142 g/mol. The normalized spacial score (nSPS) is 28.0. The smallest absolute Gasteiger partial charge is 0.227 e. The van der Waals surface area contributed by atoms with E-state index in [1.165, 1.54) is 19.3 Å². The third kappa shape index (κ3) is 1.50. The number of hydrogen-bond acceptors (Lipinski definition) is 0. The summed E-state index contributed by atoms with van der Waals surface area (Å²) in [5, 5.41) is 0. The van der Waals surface area contributed by atoms with Crippen molar-refractivity contribution >= 4 is 0 Å². The van der Waals surface area contributed by atoms with Crippen LogP contribution in [0, 0.1) is 12.3 Å². The molecule has 1 saturated carbocycles. The fourth-order valence-corrected chi connectivity index (χ4v) is 1.66. The van der Waals surface area contributed by atoms with Crippen LogP contribution in [0.4, 0.5) is 0 Å². The van der Waals surface area contributed by atoms with Crippen LogP contribution in [0.25, 0.3) is 0 Å². The van der Waals surface area contributed by atoms with Gasteiger partial charge in [-0.1, -0.05) is 6.42 Å². The standard InChI is InChI=1S/C9H11.Na/c1-2-5-9-7-3-6-8(9)4-1;/h1-2,4,6,9H,3,5,7H2;/q-1;+1. The maximum Gasteiger partial charge on any atom is 1.00 e. The van der Waals surface area contributed by atoms with E-state index in [9.17, 15) is 0 Å². The van der Waals surface area contributed by atoms with Crippen LogP contribution in [0.2, 0.25) is 0 Å². The van der Waals surface area contributed by atoms with Crippen LogP contribution in [0.3, 0.4) is 0 Å². The Morgan fingerprint density at radius 2 is 2.40 bits per heavy atom. The Bertz CT molecular complexity index is 168. The van der Waals surface area contributed by atoms with Crippen molar-refractivity contribution in [3.05, 3.63) is 30.2 Å². The molecule has 0 amide bonds. The average Bonchev–Trinajstić information content (AvgIpc) is 2.33. The van der Waals surface area contributed by atoms with Crippen LogP contribution in [-0.4, -0.2) is 0 Å². The quantitative estimate of drug-likeness (QED) is 0.316. The first-order valence-corrected chi connectivity index (χ1v) is 3.67. The Morgan fingerprint density at radius 3 is 3.20 bits per heavy atom. The molecule has 2 aliphatic rings. The van der Waals surface area contributed by atoms with Gasteiger partial charge in [0.05, 0.1) is 0 Å². The van der Waals surface area contributed by atoms with Crippen LogP contribution in [0.15, 0.2) is 23.8 Å². The molecule has 0 radical (unpaired) electrons. The molecule has 0 aromatic rings. The van der Waals surface area contributed by atoms with Gasteiger partial charge in [0.1, 0.15) is 0 Å². The van der Waals surface area contributed by atoms with Crippen molar-refractivity contribution in [2.75, 3.05) is 0 Å². The van der Waals surface area contributed by atoms with Crippen molar-refractivity contribution in [2.45, 2.75) is 19.3 Å². The molecule has 1 unspecified atom stereocenters. The molecule has 1 fully saturated rings. The van der Waals surface area contributed by atoms with E-state index in [4.69, 9.17) is 0 Å². The van der Waals surface area contributed by atoms with E-state index < -0.39 is 0 Å². The molecule has 1 heteroatoms. The van der Waals surface area contributed by atoms with Crippen LogP contribution >= 0.6 is 0 Å². The molecular weight excluding hydrogens is 131 g/mol. The minimum absolute atomic E-state index is 0. The third-order valence-electron chi connectivity index (χ3n) is 2.21. The van der Waals surface area contributed by atoms with Crippen molar-refractivity contribution in [1.29, 1.82) is 0 Å². The van der Waals surface area contributed by atoms with Gasteiger partial charge < -0.3 is 0 Å². The van der Waals surface area contributed by atoms with Crippen LogP contribution in [0.5, 0.6) is 0 Å². The Labute approximate surface area is 84.7 Å². The van der Waals surface area contributed by atoms with E-state index in [2.05, 4.69) is 24.6 Å². The SMILES string of the molecule is C1=CCC2CC[CH-]C2=C1.[Na+]. The Balaban J connectivity index is 0.000000500. The maximum atomic E-state index is 2.37. The summed E-state index contributed by atoms with van der Waals surface area (Å²) in [4.78, 5) is 0. The predicted molar refractivity (Wildman–Crippen MR) is 38.9 cm³/mol. The molecule has 2 rings (SSSR count). The third-order valence-corrected chi connectivity index (χ3v) is 2.21. The van der Waals surface area contributed by atoms with Crippen LogP contribution in [-0.2, 0) is 0 Å². The first-order valence-electron chi connectivity index (χ1n) is 3.67. The molecule has 0 bridgehead atoms. The minimum atomic E-state index is 0. The van der Waals surface area contributed by atoms with Crippen LogP contribution < -0.4 is 29.6 Å². The van der Waals surface area contributed by atoms with Crippen LogP contribution in [0.1, 0.15) is 19.3 Å². The van der Waals surface area contributed by atoms with Crippen molar-refractivity contribution in [3.8, 4) is 0 Å². The maximum absolute atomic E-state index is 2.37. The summed E-state index contributed by atoms with van der Waals surface area (Å²) in [5.74, 6) is 0.884. The second-order valence-electron chi connectivity index (χ2n) is 2.81. The number of fused-ring (bicyclic) bond motifs is 1. The molecule has 0 aliphatic heterocycles. The molecule has 10 heavy (non-hydrogen) atoms. The zero-order valence-corrected chi connectivity index (χ0v) is 8.51. The first-order chi connectivity index (χ1) is 4.47. The Morgan fingerprint density at radius 1 is 1.50 bits per heavy atom. The molecule has 0 saturated heterocycles. The first kappa shape index (κ1) is 8.45. The van der Waals surface area contributed by atoms with Gasteiger partial charge in [-0.3, -0.25) is 0 Å². The minimum Gasteiger partial charge on any atom is -0.227 e. The van der Waals surface area contributed by atoms with Crippen molar-refractivity contribution in [1.82, 2.24) is 0 Å². The molecule has 0 nitrogen and oxygen atoms in total. The fourth-order valence-electron chi connectivity index (χ4n) is 1.66. The second kappa shape index (κ2) is 3.66. The molecule has 0 aromatic heterocycles. The predicted octanol–water partition coefficient (Wildman–Crippen LogP) is -0.509. The number of allylic oxidation sites excluding steroid dienone is 4.